The molecule has 1 aromatic carbocycles. The van der Waals surface area contributed by atoms with Crippen molar-refractivity contribution in [3.05, 3.63) is 50.1 Å². The molecule has 0 spiro atoms. The number of carbonyl (C=O) groups excluding carboxylic acids is 2. The molecule has 1 amide bonds. The van der Waals surface area contributed by atoms with Crippen molar-refractivity contribution in [3.63, 3.8) is 0 Å². The monoisotopic (exact) mass is 482 g/mol. The Hall–Kier alpha value is -2.72. The third-order valence-electron chi connectivity index (χ3n) is 4.51. The third kappa shape index (κ3) is 6.64. The smallest absolute Gasteiger partial charge is 0.330 e. The lowest BCUT2D eigenvalue weighted by Crippen LogP contribution is -2.43. The number of halogens is 1. The Morgan fingerprint density at radius 1 is 1.22 bits per heavy atom. The second-order valence-electron chi connectivity index (χ2n) is 6.92. The number of nitrogens with two attached hydrogens (primary N) is 1. The van der Waals surface area contributed by atoms with Crippen molar-refractivity contribution < 1.29 is 14.3 Å². The molecule has 0 radical (unpaired) electrons. The summed E-state index contributed by atoms with van der Waals surface area (Å²) in [5.74, 6) is -1.33. The number of carbonyl (C=O) groups is 2. The largest absolute Gasteiger partial charge is 0.455 e. The van der Waals surface area contributed by atoms with E-state index in [-0.39, 0.29) is 23.8 Å². The molecule has 9 nitrogen and oxygen atoms in total. The SMILES string of the molecule is CCCCN(C(=O)COC(=O)CSc1ccccc1Cl)c1c(N)n(CCC)c(=O)[nH]c1=O. The Kier molecular flexibility index (Phi) is 9.86. The average molecular weight is 483 g/mol. The molecular weight excluding hydrogens is 456 g/mol. The van der Waals surface area contributed by atoms with Gasteiger partial charge in [-0.05, 0) is 25.0 Å². The van der Waals surface area contributed by atoms with Crippen LogP contribution in [0.3, 0.4) is 0 Å². The van der Waals surface area contributed by atoms with E-state index in [0.717, 1.165) is 11.3 Å². The van der Waals surface area contributed by atoms with Crippen molar-refractivity contribution in [2.24, 2.45) is 0 Å². The van der Waals surface area contributed by atoms with Gasteiger partial charge in [-0.15, -0.1) is 11.8 Å². The summed E-state index contributed by atoms with van der Waals surface area (Å²) in [5.41, 5.74) is 4.58. The van der Waals surface area contributed by atoms with E-state index >= 15 is 0 Å². The number of nitrogens with one attached hydrogen (secondary N) is 1. The lowest BCUT2D eigenvalue weighted by molar-refractivity contribution is -0.145. The maximum atomic E-state index is 12.9. The first-order valence-electron chi connectivity index (χ1n) is 10.3. The van der Waals surface area contributed by atoms with E-state index in [2.05, 4.69) is 4.98 Å². The maximum absolute atomic E-state index is 12.9. The summed E-state index contributed by atoms with van der Waals surface area (Å²) < 4.78 is 6.33. The molecule has 0 aliphatic rings. The molecule has 0 saturated heterocycles. The van der Waals surface area contributed by atoms with Crippen LogP contribution in [0.4, 0.5) is 11.5 Å². The van der Waals surface area contributed by atoms with Gasteiger partial charge in [0.2, 0.25) is 0 Å². The van der Waals surface area contributed by atoms with Crippen LogP contribution in [0.25, 0.3) is 0 Å². The molecule has 3 N–H and O–H groups in total. The molecule has 0 saturated carbocycles. The quantitative estimate of drug-likeness (QED) is 0.372. The van der Waals surface area contributed by atoms with Gasteiger partial charge in [0, 0.05) is 18.0 Å². The molecule has 0 fully saturated rings. The number of nitrogens with zero attached hydrogens (tertiary/aromatic N) is 2. The van der Waals surface area contributed by atoms with Crippen LogP contribution in [-0.2, 0) is 20.9 Å². The van der Waals surface area contributed by atoms with Crippen LogP contribution in [0.1, 0.15) is 33.1 Å². The van der Waals surface area contributed by atoms with Crippen molar-refractivity contribution in [3.8, 4) is 0 Å². The maximum Gasteiger partial charge on any atom is 0.330 e. The van der Waals surface area contributed by atoms with Crippen LogP contribution in [0, 0.1) is 0 Å². The molecule has 0 aliphatic heterocycles. The Balaban J connectivity index is 2.14. The first-order valence-corrected chi connectivity index (χ1v) is 11.6. The van der Waals surface area contributed by atoms with Crippen molar-refractivity contribution in [1.29, 1.82) is 0 Å². The van der Waals surface area contributed by atoms with Gasteiger partial charge in [0.05, 0.1) is 10.8 Å². The minimum Gasteiger partial charge on any atom is -0.455 e. The molecule has 0 atom stereocenters. The molecule has 1 heterocycles. The number of H-pyrrole nitrogens is 1. The summed E-state index contributed by atoms with van der Waals surface area (Å²) in [6.07, 6.45) is 1.96. The van der Waals surface area contributed by atoms with Gasteiger partial charge in [0.1, 0.15) is 5.82 Å². The van der Waals surface area contributed by atoms with Gasteiger partial charge < -0.3 is 15.4 Å². The van der Waals surface area contributed by atoms with Gasteiger partial charge in [-0.2, -0.15) is 0 Å². The van der Waals surface area contributed by atoms with Crippen LogP contribution in [0.5, 0.6) is 0 Å². The van der Waals surface area contributed by atoms with Gasteiger partial charge in [-0.1, -0.05) is 44.0 Å². The number of anilines is 2. The van der Waals surface area contributed by atoms with E-state index in [0.29, 0.717) is 24.4 Å². The van der Waals surface area contributed by atoms with Gasteiger partial charge >= 0.3 is 11.7 Å². The topological polar surface area (TPSA) is 127 Å². The number of aromatic amines is 1. The summed E-state index contributed by atoms with van der Waals surface area (Å²) in [6.45, 7) is 3.71. The number of rotatable bonds is 11. The number of amides is 1. The molecule has 11 heteroatoms. The van der Waals surface area contributed by atoms with Crippen molar-refractivity contribution >= 4 is 46.7 Å². The minimum absolute atomic E-state index is 0.0317. The van der Waals surface area contributed by atoms with Crippen LogP contribution in [-0.4, -0.2) is 40.3 Å². The highest BCUT2D eigenvalue weighted by Crippen LogP contribution is 2.26. The molecule has 174 valence electrons. The van der Waals surface area contributed by atoms with E-state index < -0.39 is 29.7 Å². The molecule has 0 unspecified atom stereocenters. The molecule has 2 rings (SSSR count). The molecule has 0 bridgehead atoms. The zero-order valence-electron chi connectivity index (χ0n) is 18.1. The average Bonchev–Trinajstić information content (AvgIpc) is 2.76. The highest BCUT2D eigenvalue weighted by atomic mass is 35.5. The fraction of sp³-hybridized carbons (Fsp3) is 0.429. The van der Waals surface area contributed by atoms with Crippen LogP contribution in [0.2, 0.25) is 5.02 Å². The predicted molar refractivity (Wildman–Crippen MR) is 126 cm³/mol. The Morgan fingerprint density at radius 2 is 1.94 bits per heavy atom. The standard InChI is InChI=1S/C21H27ClN4O5S/c1-3-5-11-25(18-19(23)26(10-4-2)21(30)24-20(18)29)16(27)12-31-17(28)13-32-15-9-7-6-8-14(15)22/h6-9H,3-5,10-13,23H2,1-2H3,(H,24,29,30). The van der Waals surface area contributed by atoms with Crippen molar-refractivity contribution in [2.75, 3.05) is 29.5 Å². The van der Waals surface area contributed by atoms with Gasteiger partial charge in [0.25, 0.3) is 11.5 Å². The van der Waals surface area contributed by atoms with E-state index in [1.54, 1.807) is 24.3 Å². The number of nitrogen functional groups attached to an aromatic ring is 1. The number of benzene rings is 1. The molecule has 0 aliphatic carbocycles. The number of hydrogen-bond acceptors (Lipinski definition) is 7. The summed E-state index contributed by atoms with van der Waals surface area (Å²) in [7, 11) is 0. The number of esters is 1. The molecule has 2 aromatic rings. The third-order valence-corrected chi connectivity index (χ3v) is 6.00. The van der Waals surface area contributed by atoms with Gasteiger partial charge in [-0.25, -0.2) is 4.79 Å². The number of ether oxygens (including phenoxy) is 1. The van der Waals surface area contributed by atoms with Crippen LogP contribution >= 0.6 is 23.4 Å². The molecular formula is C21H27ClN4O5S. The van der Waals surface area contributed by atoms with Gasteiger partial charge in [0.15, 0.2) is 12.3 Å². The summed E-state index contributed by atoms with van der Waals surface area (Å²) in [6, 6.07) is 7.07. The highest BCUT2D eigenvalue weighted by molar-refractivity contribution is 8.00. The lowest BCUT2D eigenvalue weighted by atomic mass is 10.2. The highest BCUT2D eigenvalue weighted by Gasteiger charge is 2.24. The number of hydrogen-bond donors (Lipinski definition) is 2. The van der Waals surface area contributed by atoms with Crippen LogP contribution in [0.15, 0.2) is 38.8 Å². The lowest BCUT2D eigenvalue weighted by Gasteiger charge is -2.24. The second kappa shape index (κ2) is 12.4. The first-order chi connectivity index (χ1) is 15.3. The Bertz CT molecular complexity index is 1070. The Labute approximate surface area is 194 Å². The van der Waals surface area contributed by atoms with E-state index in [1.165, 1.54) is 21.2 Å². The minimum atomic E-state index is -0.759. The normalized spacial score (nSPS) is 10.7. The van der Waals surface area contributed by atoms with E-state index in [1.807, 2.05) is 13.8 Å². The zero-order valence-corrected chi connectivity index (χ0v) is 19.6. The number of unbranched alkanes of at least 4 members (excludes halogenated alkanes) is 1. The zero-order chi connectivity index (χ0) is 23.7. The second-order valence-corrected chi connectivity index (χ2v) is 8.35. The Morgan fingerprint density at radius 3 is 2.59 bits per heavy atom. The van der Waals surface area contributed by atoms with Gasteiger partial charge in [-0.3, -0.25) is 23.9 Å². The fourth-order valence-corrected chi connectivity index (χ4v) is 3.96. The van der Waals surface area contributed by atoms with Crippen molar-refractivity contribution in [2.45, 2.75) is 44.6 Å². The predicted octanol–water partition coefficient (Wildman–Crippen LogP) is 2.65. The van der Waals surface area contributed by atoms with E-state index in [9.17, 15) is 19.2 Å². The summed E-state index contributed by atoms with van der Waals surface area (Å²) >= 11 is 7.26. The van der Waals surface area contributed by atoms with Crippen LogP contribution < -0.4 is 21.9 Å². The number of aromatic nitrogens is 2. The first kappa shape index (κ1) is 25.5. The fourth-order valence-electron chi connectivity index (χ4n) is 2.92. The summed E-state index contributed by atoms with van der Waals surface area (Å²) in [5, 5.41) is 0.518. The molecule has 32 heavy (non-hydrogen) atoms. The number of thioether (sulfide) groups is 1. The molecule has 1 aromatic heterocycles. The van der Waals surface area contributed by atoms with Crippen molar-refractivity contribution in [1.82, 2.24) is 9.55 Å². The van der Waals surface area contributed by atoms with E-state index in [4.69, 9.17) is 22.1 Å². The summed E-state index contributed by atoms with van der Waals surface area (Å²) in [4.78, 5) is 53.7.